The Hall–Kier alpha value is -0.960. The molecule has 0 spiro atoms. The first-order valence-corrected chi connectivity index (χ1v) is 5.69. The zero-order valence-corrected chi connectivity index (χ0v) is 9.64. The lowest BCUT2D eigenvalue weighted by atomic mass is 10.1. The van der Waals surface area contributed by atoms with Crippen LogP contribution >= 0.6 is 12.6 Å². The lowest BCUT2D eigenvalue weighted by molar-refractivity contribution is 0.0526. The Morgan fingerprint density at radius 2 is 2.27 bits per heavy atom. The van der Waals surface area contributed by atoms with Gasteiger partial charge in [0.25, 0.3) is 0 Å². The number of ether oxygens (including phenoxy) is 1. The normalized spacial score (nSPS) is 13.7. The molecule has 0 aliphatic heterocycles. The van der Waals surface area contributed by atoms with E-state index in [4.69, 9.17) is 4.74 Å². The maximum Gasteiger partial charge on any atom is 0.338 e. The molecule has 0 bridgehead atoms. The molecule has 0 aromatic heterocycles. The highest BCUT2D eigenvalue weighted by atomic mass is 32.1. The van der Waals surface area contributed by atoms with Crippen LogP contribution in [0.15, 0.2) is 17.0 Å². The summed E-state index contributed by atoms with van der Waals surface area (Å²) in [5, 5.41) is 0. The lowest BCUT2D eigenvalue weighted by Crippen LogP contribution is -2.05. The van der Waals surface area contributed by atoms with E-state index >= 15 is 0 Å². The Labute approximate surface area is 95.0 Å². The molecule has 0 fully saturated rings. The van der Waals surface area contributed by atoms with Crippen molar-refractivity contribution in [3.63, 3.8) is 0 Å². The van der Waals surface area contributed by atoms with Crippen LogP contribution in [0.3, 0.4) is 0 Å². The van der Waals surface area contributed by atoms with E-state index in [1.165, 1.54) is 11.1 Å². The molecule has 1 aromatic rings. The summed E-state index contributed by atoms with van der Waals surface area (Å²) in [6.07, 6.45) is 3.29. The van der Waals surface area contributed by atoms with Gasteiger partial charge in [-0.25, -0.2) is 4.79 Å². The van der Waals surface area contributed by atoms with Gasteiger partial charge in [0, 0.05) is 4.90 Å². The van der Waals surface area contributed by atoms with Gasteiger partial charge < -0.3 is 4.74 Å². The molecule has 1 aromatic carbocycles. The molecule has 0 atom stereocenters. The minimum absolute atomic E-state index is 0.248. The summed E-state index contributed by atoms with van der Waals surface area (Å²) in [5.41, 5.74) is 3.18. The van der Waals surface area contributed by atoms with E-state index in [1.807, 2.05) is 19.1 Å². The predicted molar refractivity (Wildman–Crippen MR) is 61.7 cm³/mol. The Morgan fingerprint density at radius 3 is 3.00 bits per heavy atom. The molecular weight excluding hydrogens is 208 g/mol. The highest BCUT2D eigenvalue weighted by Crippen LogP contribution is 2.29. The third kappa shape index (κ3) is 2.02. The number of rotatable bonds is 2. The minimum atomic E-state index is -0.248. The molecule has 0 saturated heterocycles. The third-order valence-corrected chi connectivity index (χ3v) is 3.10. The third-order valence-electron chi connectivity index (χ3n) is 2.70. The quantitative estimate of drug-likeness (QED) is 0.615. The van der Waals surface area contributed by atoms with E-state index in [0.29, 0.717) is 12.2 Å². The number of aryl methyl sites for hydroxylation is 1. The minimum Gasteiger partial charge on any atom is -0.462 e. The van der Waals surface area contributed by atoms with E-state index < -0.39 is 0 Å². The molecule has 2 nitrogen and oxygen atoms in total. The molecule has 0 heterocycles. The van der Waals surface area contributed by atoms with Gasteiger partial charge in [-0.3, -0.25) is 0 Å². The second-order valence-corrected chi connectivity index (χ2v) is 4.19. The summed E-state index contributed by atoms with van der Waals surface area (Å²) in [4.78, 5) is 12.5. The standard InChI is InChI=1S/C12H14O2S/c1-2-14-12(13)9-6-8-4-3-5-10(8)11(15)7-9/h6-7,15H,2-5H2,1H3. The van der Waals surface area contributed by atoms with Gasteiger partial charge in [0.1, 0.15) is 0 Å². The average molecular weight is 222 g/mol. The first-order chi connectivity index (χ1) is 7.22. The fourth-order valence-corrected chi connectivity index (χ4v) is 2.41. The first kappa shape index (κ1) is 10.6. The smallest absolute Gasteiger partial charge is 0.338 e. The summed E-state index contributed by atoms with van der Waals surface area (Å²) >= 11 is 4.41. The fraction of sp³-hybridized carbons (Fsp3) is 0.417. The van der Waals surface area contributed by atoms with Crippen molar-refractivity contribution in [1.82, 2.24) is 0 Å². The van der Waals surface area contributed by atoms with Gasteiger partial charge in [-0.1, -0.05) is 0 Å². The maximum atomic E-state index is 11.5. The molecule has 0 radical (unpaired) electrons. The van der Waals surface area contributed by atoms with Crippen LogP contribution in [0.1, 0.15) is 34.8 Å². The van der Waals surface area contributed by atoms with Gasteiger partial charge in [0.15, 0.2) is 0 Å². The second kappa shape index (κ2) is 4.27. The molecule has 0 amide bonds. The SMILES string of the molecule is CCOC(=O)c1cc(S)c2c(c1)CCC2. The molecular formula is C12H14O2S. The van der Waals surface area contributed by atoms with Crippen molar-refractivity contribution in [2.24, 2.45) is 0 Å². The van der Waals surface area contributed by atoms with Crippen LogP contribution in [-0.2, 0) is 17.6 Å². The fourth-order valence-electron chi connectivity index (χ4n) is 2.01. The van der Waals surface area contributed by atoms with Crippen molar-refractivity contribution >= 4 is 18.6 Å². The van der Waals surface area contributed by atoms with Crippen molar-refractivity contribution in [1.29, 1.82) is 0 Å². The lowest BCUT2D eigenvalue weighted by Gasteiger charge is -2.07. The van der Waals surface area contributed by atoms with E-state index in [1.54, 1.807) is 0 Å². The highest BCUT2D eigenvalue weighted by molar-refractivity contribution is 7.80. The zero-order valence-electron chi connectivity index (χ0n) is 8.75. The van der Waals surface area contributed by atoms with Crippen LogP contribution < -0.4 is 0 Å². The van der Waals surface area contributed by atoms with Gasteiger partial charge in [-0.05, 0) is 49.4 Å². The molecule has 0 N–H and O–H groups in total. The topological polar surface area (TPSA) is 26.3 Å². The molecule has 0 unspecified atom stereocenters. The number of carbonyl (C=O) groups excluding carboxylic acids is 1. The van der Waals surface area contributed by atoms with Crippen molar-refractivity contribution in [2.45, 2.75) is 31.1 Å². The van der Waals surface area contributed by atoms with Crippen LogP contribution in [0.2, 0.25) is 0 Å². The summed E-state index contributed by atoms with van der Waals surface area (Å²) in [6.45, 7) is 2.23. The van der Waals surface area contributed by atoms with Crippen LogP contribution in [0.25, 0.3) is 0 Å². The van der Waals surface area contributed by atoms with Crippen molar-refractivity contribution in [2.75, 3.05) is 6.61 Å². The van der Waals surface area contributed by atoms with E-state index in [9.17, 15) is 4.79 Å². The van der Waals surface area contributed by atoms with Crippen molar-refractivity contribution < 1.29 is 9.53 Å². The number of benzene rings is 1. The van der Waals surface area contributed by atoms with Crippen LogP contribution in [0.4, 0.5) is 0 Å². The number of thiol groups is 1. The summed E-state index contributed by atoms with van der Waals surface area (Å²) in [7, 11) is 0. The van der Waals surface area contributed by atoms with Crippen molar-refractivity contribution in [3.05, 3.63) is 28.8 Å². The maximum absolute atomic E-state index is 11.5. The van der Waals surface area contributed by atoms with E-state index in [0.717, 1.165) is 24.2 Å². The molecule has 80 valence electrons. The predicted octanol–water partition coefficient (Wildman–Crippen LogP) is 2.64. The van der Waals surface area contributed by atoms with Gasteiger partial charge >= 0.3 is 5.97 Å². The molecule has 0 saturated carbocycles. The Kier molecular flexibility index (Phi) is 3.00. The first-order valence-electron chi connectivity index (χ1n) is 5.24. The number of esters is 1. The van der Waals surface area contributed by atoms with Crippen LogP contribution in [-0.4, -0.2) is 12.6 Å². The zero-order chi connectivity index (χ0) is 10.8. The van der Waals surface area contributed by atoms with Gasteiger partial charge in [0.2, 0.25) is 0 Å². The van der Waals surface area contributed by atoms with Crippen LogP contribution in [0, 0.1) is 0 Å². The van der Waals surface area contributed by atoms with E-state index in [2.05, 4.69) is 12.6 Å². The molecule has 1 aliphatic carbocycles. The molecule has 15 heavy (non-hydrogen) atoms. The Bertz CT molecular complexity index is 399. The highest BCUT2D eigenvalue weighted by Gasteiger charge is 2.17. The summed E-state index contributed by atoms with van der Waals surface area (Å²) in [5.74, 6) is -0.248. The van der Waals surface area contributed by atoms with Crippen LogP contribution in [0.5, 0.6) is 0 Å². The van der Waals surface area contributed by atoms with E-state index in [-0.39, 0.29) is 5.97 Å². The van der Waals surface area contributed by atoms with Gasteiger partial charge in [0.05, 0.1) is 12.2 Å². The number of fused-ring (bicyclic) bond motifs is 1. The molecule has 2 rings (SSSR count). The monoisotopic (exact) mass is 222 g/mol. The summed E-state index contributed by atoms with van der Waals surface area (Å²) in [6, 6.07) is 3.76. The largest absolute Gasteiger partial charge is 0.462 e. The van der Waals surface area contributed by atoms with Crippen molar-refractivity contribution in [3.8, 4) is 0 Å². The number of hydrogen-bond acceptors (Lipinski definition) is 3. The number of carbonyl (C=O) groups is 1. The van der Waals surface area contributed by atoms with Gasteiger partial charge in [-0.15, -0.1) is 12.6 Å². The molecule has 1 aliphatic rings. The average Bonchev–Trinajstić information content (AvgIpc) is 2.66. The van der Waals surface area contributed by atoms with Gasteiger partial charge in [-0.2, -0.15) is 0 Å². The number of hydrogen-bond donors (Lipinski definition) is 1. The second-order valence-electron chi connectivity index (χ2n) is 3.71. The Balaban J connectivity index is 2.35. The Morgan fingerprint density at radius 1 is 1.47 bits per heavy atom. The summed E-state index contributed by atoms with van der Waals surface area (Å²) < 4.78 is 4.97. The molecule has 3 heteroatoms.